The first-order valence-electron chi connectivity index (χ1n) is 7.92. The second-order valence-electron chi connectivity index (χ2n) is 5.64. The van der Waals surface area contributed by atoms with E-state index in [9.17, 15) is 4.79 Å². The maximum atomic E-state index is 12.3. The number of amides is 1. The van der Waals surface area contributed by atoms with Crippen molar-refractivity contribution in [3.8, 4) is 11.4 Å². The number of nitrogen functional groups attached to an aromatic ring is 1. The number of benzene rings is 1. The molecule has 5 N–H and O–H groups in total. The summed E-state index contributed by atoms with van der Waals surface area (Å²) in [5.41, 5.74) is 14.0. The lowest BCUT2D eigenvalue weighted by atomic mass is 10.1. The van der Waals surface area contributed by atoms with Crippen molar-refractivity contribution in [2.24, 2.45) is 5.73 Å². The van der Waals surface area contributed by atoms with Crippen LogP contribution >= 0.6 is 0 Å². The number of rotatable bonds is 5. The predicted octanol–water partition coefficient (Wildman–Crippen LogP) is 2.23. The molecule has 1 aromatic carbocycles. The van der Waals surface area contributed by atoms with Gasteiger partial charge in [0, 0.05) is 0 Å². The largest absolute Gasteiger partial charge is 0.384 e. The molecule has 1 amide bonds. The Labute approximate surface area is 145 Å². The highest BCUT2D eigenvalue weighted by atomic mass is 16.2. The second kappa shape index (κ2) is 7.55. The highest BCUT2D eigenvalue weighted by molar-refractivity contribution is 5.94. The number of anilines is 2. The van der Waals surface area contributed by atoms with Crippen LogP contribution in [-0.4, -0.2) is 21.9 Å². The molecule has 6 heteroatoms. The molecule has 126 valence electrons. The van der Waals surface area contributed by atoms with E-state index < -0.39 is 6.04 Å². The molecule has 0 bridgehead atoms. The number of nitrogens with two attached hydrogens (primary N) is 2. The fraction of sp³-hybridized carbons (Fsp3) is 0.105. The standard InChI is InChI=1S/C19H19N5O/c20-14(12-13-6-2-1-3-7-13)19(25)24-18-11-5-9-16(23-18)15-8-4-10-17(21)22-15/h1-11,14H,12,20H2,(H2,21,22)(H,23,24,25). The van der Waals surface area contributed by atoms with Crippen molar-refractivity contribution in [1.29, 1.82) is 0 Å². The van der Waals surface area contributed by atoms with Gasteiger partial charge >= 0.3 is 0 Å². The van der Waals surface area contributed by atoms with E-state index in [1.807, 2.05) is 36.4 Å². The number of nitrogens with one attached hydrogen (secondary N) is 1. The number of aromatic nitrogens is 2. The zero-order valence-electron chi connectivity index (χ0n) is 13.6. The lowest BCUT2D eigenvalue weighted by Crippen LogP contribution is -2.37. The number of nitrogens with zero attached hydrogens (tertiary/aromatic N) is 2. The number of hydrogen-bond acceptors (Lipinski definition) is 5. The van der Waals surface area contributed by atoms with Crippen LogP contribution in [-0.2, 0) is 11.2 Å². The van der Waals surface area contributed by atoms with Crippen LogP contribution in [0.5, 0.6) is 0 Å². The fourth-order valence-corrected chi connectivity index (χ4v) is 2.42. The molecule has 1 unspecified atom stereocenters. The summed E-state index contributed by atoms with van der Waals surface area (Å²) in [4.78, 5) is 20.9. The third kappa shape index (κ3) is 4.39. The number of hydrogen-bond donors (Lipinski definition) is 3. The Morgan fingerprint density at radius 3 is 2.32 bits per heavy atom. The van der Waals surface area contributed by atoms with Crippen molar-refractivity contribution in [2.75, 3.05) is 11.1 Å². The summed E-state index contributed by atoms with van der Waals surface area (Å²) in [6.45, 7) is 0. The van der Waals surface area contributed by atoms with Crippen molar-refractivity contribution in [2.45, 2.75) is 12.5 Å². The topological polar surface area (TPSA) is 107 Å². The van der Waals surface area contributed by atoms with E-state index in [0.29, 0.717) is 29.4 Å². The molecule has 0 fully saturated rings. The summed E-state index contributed by atoms with van der Waals surface area (Å²) in [5.74, 6) is 0.558. The van der Waals surface area contributed by atoms with Crippen molar-refractivity contribution < 1.29 is 4.79 Å². The van der Waals surface area contributed by atoms with E-state index in [2.05, 4.69) is 15.3 Å². The molecule has 0 aliphatic rings. The van der Waals surface area contributed by atoms with Gasteiger partial charge in [-0.1, -0.05) is 42.5 Å². The lowest BCUT2D eigenvalue weighted by Gasteiger charge is -2.12. The molecule has 1 atom stereocenters. The van der Waals surface area contributed by atoms with Crippen LogP contribution in [0.25, 0.3) is 11.4 Å². The Hall–Kier alpha value is -3.25. The maximum absolute atomic E-state index is 12.3. The minimum Gasteiger partial charge on any atom is -0.384 e. The van der Waals surface area contributed by atoms with Gasteiger partial charge in [0.15, 0.2) is 0 Å². The van der Waals surface area contributed by atoms with Gasteiger partial charge in [-0.25, -0.2) is 9.97 Å². The minimum atomic E-state index is -0.654. The lowest BCUT2D eigenvalue weighted by molar-refractivity contribution is -0.117. The first-order valence-corrected chi connectivity index (χ1v) is 7.92. The van der Waals surface area contributed by atoms with Gasteiger partial charge in [0.05, 0.1) is 17.4 Å². The first-order chi connectivity index (χ1) is 12.1. The molecular weight excluding hydrogens is 314 g/mol. The average molecular weight is 333 g/mol. The summed E-state index contributed by atoms with van der Waals surface area (Å²) in [7, 11) is 0. The molecule has 2 heterocycles. The quantitative estimate of drug-likeness (QED) is 0.664. The Kier molecular flexibility index (Phi) is 5.01. The molecule has 0 saturated heterocycles. The first kappa shape index (κ1) is 16.6. The Morgan fingerprint density at radius 1 is 0.920 bits per heavy atom. The van der Waals surface area contributed by atoms with Gasteiger partial charge in [-0.15, -0.1) is 0 Å². The van der Waals surface area contributed by atoms with E-state index in [1.165, 1.54) is 0 Å². The third-order valence-electron chi connectivity index (χ3n) is 3.67. The smallest absolute Gasteiger partial charge is 0.242 e. The molecule has 0 radical (unpaired) electrons. The molecule has 3 aromatic rings. The van der Waals surface area contributed by atoms with Gasteiger partial charge in [-0.05, 0) is 36.2 Å². The third-order valence-corrected chi connectivity index (χ3v) is 3.67. The van der Waals surface area contributed by atoms with Gasteiger partial charge in [-0.3, -0.25) is 4.79 Å². The van der Waals surface area contributed by atoms with Crippen LogP contribution in [0, 0.1) is 0 Å². The summed E-state index contributed by atoms with van der Waals surface area (Å²) in [5, 5.41) is 2.75. The molecule has 6 nitrogen and oxygen atoms in total. The summed E-state index contributed by atoms with van der Waals surface area (Å²) in [6.07, 6.45) is 0.461. The van der Waals surface area contributed by atoms with E-state index >= 15 is 0 Å². The Morgan fingerprint density at radius 2 is 1.60 bits per heavy atom. The van der Waals surface area contributed by atoms with Crippen LogP contribution in [0.3, 0.4) is 0 Å². The molecule has 3 rings (SSSR count). The van der Waals surface area contributed by atoms with Crippen LogP contribution in [0.15, 0.2) is 66.7 Å². The predicted molar refractivity (Wildman–Crippen MR) is 98.6 cm³/mol. The second-order valence-corrected chi connectivity index (χ2v) is 5.64. The van der Waals surface area contributed by atoms with Gasteiger partial charge < -0.3 is 16.8 Å². The minimum absolute atomic E-state index is 0.283. The fourth-order valence-electron chi connectivity index (χ4n) is 2.42. The van der Waals surface area contributed by atoms with Crippen molar-refractivity contribution >= 4 is 17.5 Å². The highest BCUT2D eigenvalue weighted by Gasteiger charge is 2.15. The van der Waals surface area contributed by atoms with E-state index in [0.717, 1.165) is 5.56 Å². The average Bonchev–Trinajstić information content (AvgIpc) is 2.63. The van der Waals surface area contributed by atoms with Crippen molar-refractivity contribution in [3.05, 3.63) is 72.3 Å². The monoisotopic (exact) mass is 333 g/mol. The van der Waals surface area contributed by atoms with E-state index in [-0.39, 0.29) is 5.91 Å². The van der Waals surface area contributed by atoms with Crippen molar-refractivity contribution in [3.63, 3.8) is 0 Å². The highest BCUT2D eigenvalue weighted by Crippen LogP contribution is 2.17. The van der Waals surface area contributed by atoms with Gasteiger partial charge in [0.2, 0.25) is 5.91 Å². The zero-order valence-corrected chi connectivity index (χ0v) is 13.6. The molecule has 0 spiro atoms. The van der Waals surface area contributed by atoms with Gasteiger partial charge in [-0.2, -0.15) is 0 Å². The van der Waals surface area contributed by atoms with E-state index in [1.54, 1.807) is 30.3 Å². The normalized spacial score (nSPS) is 11.7. The molecule has 0 saturated carbocycles. The molecular formula is C19H19N5O. The molecule has 0 aliphatic carbocycles. The molecule has 25 heavy (non-hydrogen) atoms. The van der Waals surface area contributed by atoms with Gasteiger partial charge in [0.1, 0.15) is 11.6 Å². The SMILES string of the molecule is Nc1cccc(-c2cccc(NC(=O)C(N)Cc3ccccc3)n2)n1. The van der Waals surface area contributed by atoms with Crippen LogP contribution in [0.4, 0.5) is 11.6 Å². The van der Waals surface area contributed by atoms with Crippen LogP contribution in [0.2, 0.25) is 0 Å². The summed E-state index contributed by atoms with van der Waals surface area (Å²) < 4.78 is 0. The van der Waals surface area contributed by atoms with E-state index in [4.69, 9.17) is 11.5 Å². The zero-order chi connectivity index (χ0) is 17.6. The molecule has 2 aromatic heterocycles. The number of carbonyl (C=O) groups is 1. The number of carbonyl (C=O) groups excluding carboxylic acids is 1. The van der Waals surface area contributed by atoms with Crippen LogP contribution in [0.1, 0.15) is 5.56 Å². The van der Waals surface area contributed by atoms with Crippen molar-refractivity contribution in [1.82, 2.24) is 9.97 Å². The van der Waals surface area contributed by atoms with Crippen LogP contribution < -0.4 is 16.8 Å². The summed E-state index contributed by atoms with van der Waals surface area (Å²) >= 11 is 0. The molecule has 0 aliphatic heterocycles. The maximum Gasteiger partial charge on any atom is 0.242 e. The number of pyridine rings is 2. The Balaban J connectivity index is 1.70. The van der Waals surface area contributed by atoms with Gasteiger partial charge in [0.25, 0.3) is 0 Å². The Bertz CT molecular complexity index is 866. The summed E-state index contributed by atoms with van der Waals surface area (Å²) in [6, 6.07) is 19.6.